The maximum Gasteiger partial charge on any atom is 0.0354 e. The van der Waals surface area contributed by atoms with Crippen molar-refractivity contribution in [2.45, 2.75) is 33.1 Å². The van der Waals surface area contributed by atoms with E-state index in [1.54, 1.807) is 5.56 Å². The Kier molecular flexibility index (Phi) is 2.36. The van der Waals surface area contributed by atoms with Crippen LogP contribution in [0.3, 0.4) is 0 Å². The van der Waals surface area contributed by atoms with Gasteiger partial charge in [0.05, 0.1) is 0 Å². The highest BCUT2D eigenvalue weighted by atomic mass is 32.1. The number of benzene rings is 1. The quantitative estimate of drug-likeness (QED) is 0.662. The van der Waals surface area contributed by atoms with Crippen LogP contribution in [0.5, 0.6) is 0 Å². The SMILES string of the molecule is CCc1cc2c3c(sc2cc1C)C=CCC3. The van der Waals surface area contributed by atoms with Crippen molar-refractivity contribution in [1.82, 2.24) is 0 Å². The summed E-state index contributed by atoms with van der Waals surface area (Å²) < 4.78 is 1.46. The van der Waals surface area contributed by atoms with Gasteiger partial charge < -0.3 is 0 Å². The predicted octanol–water partition coefficient (Wildman–Crippen LogP) is 4.73. The van der Waals surface area contributed by atoms with E-state index in [9.17, 15) is 0 Å². The first-order chi connectivity index (χ1) is 7.79. The molecular weight excluding hydrogens is 212 g/mol. The number of hydrogen-bond acceptors (Lipinski definition) is 1. The average Bonchev–Trinajstić information content (AvgIpc) is 2.65. The highest BCUT2D eigenvalue weighted by Crippen LogP contribution is 2.37. The van der Waals surface area contributed by atoms with Gasteiger partial charge in [-0.3, -0.25) is 0 Å². The van der Waals surface area contributed by atoms with Crippen LogP contribution in [0.25, 0.3) is 16.2 Å². The number of fused-ring (bicyclic) bond motifs is 3. The maximum atomic E-state index is 2.42. The van der Waals surface area contributed by atoms with Crippen molar-refractivity contribution in [2.75, 3.05) is 0 Å². The molecule has 0 bridgehead atoms. The van der Waals surface area contributed by atoms with Gasteiger partial charge in [-0.15, -0.1) is 11.3 Å². The largest absolute Gasteiger partial charge is 0.136 e. The van der Waals surface area contributed by atoms with Crippen molar-refractivity contribution in [1.29, 1.82) is 0 Å². The van der Waals surface area contributed by atoms with E-state index >= 15 is 0 Å². The molecule has 1 aromatic heterocycles. The minimum atomic E-state index is 1.14. The van der Waals surface area contributed by atoms with E-state index in [2.05, 4.69) is 38.1 Å². The minimum Gasteiger partial charge on any atom is -0.136 e. The van der Waals surface area contributed by atoms with Gasteiger partial charge in [0.1, 0.15) is 0 Å². The lowest BCUT2D eigenvalue weighted by Gasteiger charge is -2.06. The Labute approximate surface area is 101 Å². The molecule has 2 aromatic rings. The second kappa shape index (κ2) is 3.74. The number of allylic oxidation sites excluding steroid dienone is 1. The van der Waals surface area contributed by atoms with Crippen molar-refractivity contribution in [2.24, 2.45) is 0 Å². The summed E-state index contributed by atoms with van der Waals surface area (Å²) >= 11 is 1.95. The molecule has 1 heteroatoms. The summed E-state index contributed by atoms with van der Waals surface area (Å²) in [5, 5.41) is 1.51. The van der Waals surface area contributed by atoms with Crippen LogP contribution in [-0.2, 0) is 12.8 Å². The Morgan fingerprint density at radius 3 is 3.00 bits per heavy atom. The first-order valence-corrected chi connectivity index (χ1v) is 6.82. The molecule has 0 unspecified atom stereocenters. The summed E-state index contributed by atoms with van der Waals surface area (Å²) in [6.07, 6.45) is 8.16. The van der Waals surface area contributed by atoms with E-state index in [0.29, 0.717) is 0 Å². The third-order valence-electron chi connectivity index (χ3n) is 3.49. The van der Waals surface area contributed by atoms with Gasteiger partial charge in [-0.1, -0.05) is 13.0 Å². The molecule has 1 heterocycles. The van der Waals surface area contributed by atoms with E-state index in [-0.39, 0.29) is 0 Å². The number of hydrogen-bond donors (Lipinski definition) is 0. The lowest BCUT2D eigenvalue weighted by Crippen LogP contribution is -1.90. The van der Waals surface area contributed by atoms with Gasteiger partial charge in [0.2, 0.25) is 0 Å². The van der Waals surface area contributed by atoms with Crippen LogP contribution in [-0.4, -0.2) is 0 Å². The summed E-state index contributed by atoms with van der Waals surface area (Å²) in [6, 6.07) is 4.78. The lowest BCUT2D eigenvalue weighted by atomic mass is 9.97. The van der Waals surface area contributed by atoms with Gasteiger partial charge in [-0.25, -0.2) is 0 Å². The number of thiophene rings is 1. The monoisotopic (exact) mass is 228 g/mol. The third-order valence-corrected chi connectivity index (χ3v) is 4.65. The molecule has 1 aliphatic rings. The van der Waals surface area contributed by atoms with Crippen LogP contribution in [0, 0.1) is 6.92 Å². The van der Waals surface area contributed by atoms with Crippen molar-refractivity contribution in [3.63, 3.8) is 0 Å². The zero-order valence-electron chi connectivity index (χ0n) is 9.84. The predicted molar refractivity (Wildman–Crippen MR) is 73.3 cm³/mol. The maximum absolute atomic E-state index is 2.42. The summed E-state index contributed by atoms with van der Waals surface area (Å²) in [4.78, 5) is 1.48. The molecular formula is C15H16S. The Bertz CT molecular complexity index is 573. The van der Waals surface area contributed by atoms with Gasteiger partial charge in [0, 0.05) is 9.58 Å². The number of aryl methyl sites for hydroxylation is 3. The van der Waals surface area contributed by atoms with Crippen molar-refractivity contribution in [3.05, 3.63) is 39.8 Å². The molecule has 0 saturated carbocycles. The Balaban J connectivity index is 2.32. The zero-order chi connectivity index (χ0) is 11.1. The molecule has 0 fully saturated rings. The van der Waals surface area contributed by atoms with Crippen LogP contribution in [0.4, 0.5) is 0 Å². The van der Waals surface area contributed by atoms with E-state index < -0.39 is 0 Å². The minimum absolute atomic E-state index is 1.14. The van der Waals surface area contributed by atoms with Crippen LogP contribution in [0.15, 0.2) is 18.2 Å². The summed E-state index contributed by atoms with van der Waals surface area (Å²) in [5.41, 5.74) is 4.53. The molecule has 0 atom stereocenters. The molecule has 1 aromatic carbocycles. The topological polar surface area (TPSA) is 0 Å². The highest BCUT2D eigenvalue weighted by Gasteiger charge is 2.13. The molecule has 0 nitrogen and oxygen atoms in total. The molecule has 0 aliphatic heterocycles. The lowest BCUT2D eigenvalue weighted by molar-refractivity contribution is 1.00. The fourth-order valence-electron chi connectivity index (χ4n) is 2.55. The molecule has 0 N–H and O–H groups in total. The molecule has 0 saturated heterocycles. The third kappa shape index (κ3) is 1.42. The Hall–Kier alpha value is -1.08. The van der Waals surface area contributed by atoms with Gasteiger partial charge in [-0.2, -0.15) is 0 Å². The summed E-state index contributed by atoms with van der Waals surface area (Å²) in [7, 11) is 0. The molecule has 0 spiro atoms. The van der Waals surface area contributed by atoms with Crippen molar-refractivity contribution < 1.29 is 0 Å². The molecule has 1 aliphatic carbocycles. The van der Waals surface area contributed by atoms with Crippen LogP contribution in [0.2, 0.25) is 0 Å². The number of rotatable bonds is 1. The van der Waals surface area contributed by atoms with Crippen LogP contribution >= 0.6 is 11.3 Å². The van der Waals surface area contributed by atoms with Gasteiger partial charge in [0.25, 0.3) is 0 Å². The zero-order valence-corrected chi connectivity index (χ0v) is 10.7. The fraction of sp³-hybridized carbons (Fsp3) is 0.333. The van der Waals surface area contributed by atoms with Crippen molar-refractivity contribution in [3.8, 4) is 0 Å². The van der Waals surface area contributed by atoms with Crippen molar-refractivity contribution >= 4 is 27.5 Å². The molecule has 0 amide bonds. The summed E-state index contributed by atoms with van der Waals surface area (Å²) in [5.74, 6) is 0. The van der Waals surface area contributed by atoms with E-state index in [1.807, 2.05) is 11.3 Å². The second-order valence-corrected chi connectivity index (χ2v) is 5.60. The first-order valence-electron chi connectivity index (χ1n) is 6.01. The van der Waals surface area contributed by atoms with Gasteiger partial charge in [0.15, 0.2) is 0 Å². The Morgan fingerprint density at radius 2 is 2.19 bits per heavy atom. The standard InChI is InChI=1S/C15H16S/c1-3-11-9-13-12-6-4-5-7-14(12)16-15(13)8-10(11)2/h5,7-9H,3-4,6H2,1-2H3. The normalized spacial score (nSPS) is 14.4. The molecule has 3 rings (SSSR count). The van der Waals surface area contributed by atoms with Gasteiger partial charge >= 0.3 is 0 Å². The van der Waals surface area contributed by atoms with E-state index in [4.69, 9.17) is 0 Å². The molecule has 82 valence electrons. The van der Waals surface area contributed by atoms with Crippen LogP contribution < -0.4 is 0 Å². The van der Waals surface area contributed by atoms with E-state index in [1.165, 1.54) is 38.9 Å². The highest BCUT2D eigenvalue weighted by molar-refractivity contribution is 7.20. The van der Waals surface area contributed by atoms with E-state index in [0.717, 1.165) is 6.42 Å². The molecule has 0 radical (unpaired) electrons. The van der Waals surface area contributed by atoms with Gasteiger partial charge in [-0.05, 0) is 66.5 Å². The summed E-state index contributed by atoms with van der Waals surface area (Å²) in [6.45, 7) is 4.47. The smallest absolute Gasteiger partial charge is 0.0354 e. The van der Waals surface area contributed by atoms with Crippen LogP contribution in [0.1, 0.15) is 34.9 Å². The molecule has 16 heavy (non-hydrogen) atoms. The Morgan fingerprint density at radius 1 is 1.31 bits per heavy atom. The second-order valence-electron chi connectivity index (χ2n) is 4.51. The average molecular weight is 228 g/mol. The fourth-order valence-corrected chi connectivity index (χ4v) is 3.81. The first kappa shape index (κ1) is 10.1.